The van der Waals surface area contributed by atoms with Gasteiger partial charge >= 0.3 is 0 Å². The van der Waals surface area contributed by atoms with E-state index >= 15 is 0 Å². The summed E-state index contributed by atoms with van der Waals surface area (Å²) in [6.45, 7) is -0.697. The SMILES string of the molecule is O=c1c2ncc(N3CC(F)(F)C3)cc2ccn1-c1nc(-c2ccccc2)oc1-c1ccccc1. The number of fused-ring (bicyclic) bond motifs is 1. The summed E-state index contributed by atoms with van der Waals surface area (Å²) in [5, 5.41) is 0.571. The molecular weight excluding hydrogens is 438 g/mol. The predicted molar refractivity (Wildman–Crippen MR) is 125 cm³/mol. The highest BCUT2D eigenvalue weighted by Crippen LogP contribution is 2.33. The molecule has 0 amide bonds. The molecule has 0 spiro atoms. The van der Waals surface area contributed by atoms with Crippen molar-refractivity contribution in [1.29, 1.82) is 0 Å². The zero-order chi connectivity index (χ0) is 23.3. The normalized spacial score (nSPS) is 14.8. The van der Waals surface area contributed by atoms with Gasteiger partial charge < -0.3 is 9.32 Å². The molecule has 1 aliphatic rings. The van der Waals surface area contributed by atoms with E-state index in [1.54, 1.807) is 18.3 Å². The molecule has 1 fully saturated rings. The van der Waals surface area contributed by atoms with Crippen LogP contribution in [0.1, 0.15) is 0 Å². The highest BCUT2D eigenvalue weighted by Gasteiger charge is 2.44. The Kier molecular flexibility index (Phi) is 4.55. The third-order valence-electron chi connectivity index (χ3n) is 5.83. The van der Waals surface area contributed by atoms with Gasteiger partial charge in [0.1, 0.15) is 5.52 Å². The summed E-state index contributed by atoms with van der Waals surface area (Å²) in [6, 6.07) is 22.3. The maximum Gasteiger partial charge on any atom is 0.282 e. The van der Waals surface area contributed by atoms with Gasteiger partial charge in [-0.05, 0) is 24.3 Å². The Bertz CT molecular complexity index is 1550. The van der Waals surface area contributed by atoms with Crippen LogP contribution in [0.25, 0.3) is 39.5 Å². The fourth-order valence-electron chi connectivity index (χ4n) is 4.10. The van der Waals surface area contributed by atoms with Crippen LogP contribution in [-0.4, -0.2) is 33.5 Å². The minimum absolute atomic E-state index is 0.224. The first-order chi connectivity index (χ1) is 16.5. The zero-order valence-electron chi connectivity index (χ0n) is 17.9. The smallest absolute Gasteiger partial charge is 0.282 e. The molecule has 0 N–H and O–H groups in total. The van der Waals surface area contributed by atoms with Crippen molar-refractivity contribution in [3.8, 4) is 28.6 Å². The first-order valence-corrected chi connectivity index (χ1v) is 10.7. The van der Waals surface area contributed by atoms with Gasteiger partial charge in [-0.2, -0.15) is 4.98 Å². The van der Waals surface area contributed by atoms with Gasteiger partial charge in [-0.25, -0.2) is 13.8 Å². The average molecular weight is 456 g/mol. The fraction of sp³-hybridized carbons (Fsp3) is 0.115. The number of anilines is 1. The zero-order valence-corrected chi connectivity index (χ0v) is 17.9. The number of pyridine rings is 2. The molecule has 0 saturated carbocycles. The summed E-state index contributed by atoms with van der Waals surface area (Å²) in [5.74, 6) is -1.48. The van der Waals surface area contributed by atoms with Crippen LogP contribution in [0.5, 0.6) is 0 Å². The monoisotopic (exact) mass is 456 g/mol. The van der Waals surface area contributed by atoms with Gasteiger partial charge in [0.15, 0.2) is 11.6 Å². The second kappa shape index (κ2) is 7.62. The summed E-state index contributed by atoms with van der Waals surface area (Å²) >= 11 is 0. The van der Waals surface area contributed by atoms with Crippen molar-refractivity contribution in [2.75, 3.05) is 18.0 Å². The van der Waals surface area contributed by atoms with Crippen molar-refractivity contribution in [1.82, 2.24) is 14.5 Å². The topological polar surface area (TPSA) is 64.2 Å². The molecule has 168 valence electrons. The first-order valence-electron chi connectivity index (χ1n) is 10.7. The number of rotatable bonds is 4. The average Bonchev–Trinajstić information content (AvgIpc) is 3.29. The number of benzene rings is 2. The van der Waals surface area contributed by atoms with Crippen LogP contribution in [-0.2, 0) is 0 Å². The molecule has 0 unspecified atom stereocenters. The van der Waals surface area contributed by atoms with Crippen molar-refractivity contribution in [2.45, 2.75) is 5.92 Å². The second-order valence-corrected chi connectivity index (χ2v) is 8.24. The summed E-state index contributed by atoms with van der Waals surface area (Å²) in [5.41, 5.74) is 1.98. The lowest BCUT2D eigenvalue weighted by Crippen LogP contribution is -2.56. The Labute approximate surface area is 192 Å². The molecular formula is C26H18F2N4O2. The standard InChI is InChI=1S/C26H18F2N4O2/c27-26(28)15-31(16-26)20-13-19-11-12-32(25(33)21(19)29-14-20)23-22(17-7-3-1-4-8-17)34-24(30-23)18-9-5-2-6-10-18/h1-14H,15-16H2. The number of oxazole rings is 1. The van der Waals surface area contributed by atoms with Crippen LogP contribution in [0, 0.1) is 0 Å². The van der Waals surface area contributed by atoms with E-state index < -0.39 is 5.92 Å². The molecule has 0 radical (unpaired) electrons. The van der Waals surface area contributed by atoms with Crippen LogP contribution in [0.15, 0.2) is 94.4 Å². The lowest BCUT2D eigenvalue weighted by Gasteiger charge is -2.40. The van der Waals surface area contributed by atoms with Crippen molar-refractivity contribution in [3.63, 3.8) is 0 Å². The largest absolute Gasteiger partial charge is 0.434 e. The van der Waals surface area contributed by atoms with Crippen molar-refractivity contribution in [2.24, 2.45) is 0 Å². The summed E-state index contributed by atoms with van der Waals surface area (Å²) in [6.07, 6.45) is 3.07. The van der Waals surface area contributed by atoms with Crippen LogP contribution in [0.2, 0.25) is 0 Å². The molecule has 0 aliphatic carbocycles. The van der Waals surface area contributed by atoms with E-state index in [4.69, 9.17) is 4.42 Å². The van der Waals surface area contributed by atoms with E-state index in [0.29, 0.717) is 28.5 Å². The second-order valence-electron chi connectivity index (χ2n) is 8.24. The van der Waals surface area contributed by atoms with Crippen LogP contribution in [0.3, 0.4) is 0 Å². The molecule has 0 bridgehead atoms. The van der Waals surface area contributed by atoms with E-state index in [1.807, 2.05) is 60.7 Å². The summed E-state index contributed by atoms with van der Waals surface area (Å²) < 4.78 is 34.1. The molecule has 3 aromatic heterocycles. The molecule has 5 aromatic rings. The lowest BCUT2D eigenvalue weighted by atomic mass is 10.1. The molecule has 8 heteroatoms. The number of hydrogen-bond acceptors (Lipinski definition) is 5. The third-order valence-corrected chi connectivity index (χ3v) is 5.83. The molecule has 6 rings (SSSR count). The van der Waals surface area contributed by atoms with Gasteiger partial charge in [0.05, 0.1) is 25.0 Å². The quantitative estimate of drug-likeness (QED) is 0.374. The molecule has 1 aliphatic heterocycles. The van der Waals surface area contributed by atoms with Crippen LogP contribution in [0.4, 0.5) is 14.5 Å². The Hall–Kier alpha value is -4.33. The van der Waals surface area contributed by atoms with Crippen LogP contribution >= 0.6 is 0 Å². The van der Waals surface area contributed by atoms with E-state index in [-0.39, 0.29) is 24.2 Å². The minimum atomic E-state index is -2.68. The molecule has 6 nitrogen and oxygen atoms in total. The molecule has 0 atom stereocenters. The maximum atomic E-state index is 13.4. The van der Waals surface area contributed by atoms with Gasteiger partial charge in [0, 0.05) is 22.7 Å². The van der Waals surface area contributed by atoms with Crippen molar-refractivity contribution < 1.29 is 13.2 Å². The third kappa shape index (κ3) is 3.44. The Morgan fingerprint density at radius 2 is 1.59 bits per heavy atom. The van der Waals surface area contributed by atoms with E-state index in [9.17, 15) is 13.6 Å². The Balaban J connectivity index is 1.48. The van der Waals surface area contributed by atoms with E-state index in [2.05, 4.69) is 9.97 Å². The van der Waals surface area contributed by atoms with Gasteiger partial charge in [-0.3, -0.25) is 9.36 Å². The van der Waals surface area contributed by atoms with Gasteiger partial charge in [-0.1, -0.05) is 48.5 Å². The Morgan fingerprint density at radius 1 is 0.912 bits per heavy atom. The van der Waals surface area contributed by atoms with Crippen molar-refractivity contribution in [3.05, 3.63) is 95.5 Å². The number of nitrogens with zero attached hydrogens (tertiary/aromatic N) is 4. The van der Waals surface area contributed by atoms with E-state index in [1.165, 1.54) is 15.7 Å². The molecule has 4 heterocycles. The number of hydrogen-bond donors (Lipinski definition) is 0. The van der Waals surface area contributed by atoms with E-state index in [0.717, 1.165) is 11.1 Å². The van der Waals surface area contributed by atoms with Crippen molar-refractivity contribution >= 4 is 16.6 Å². The maximum absolute atomic E-state index is 13.4. The summed E-state index contributed by atoms with van der Waals surface area (Å²) in [7, 11) is 0. The van der Waals surface area contributed by atoms with Gasteiger partial charge in [0.2, 0.25) is 5.89 Å². The van der Waals surface area contributed by atoms with Crippen LogP contribution < -0.4 is 10.5 Å². The lowest BCUT2D eigenvalue weighted by molar-refractivity contribution is -0.0262. The molecule has 1 saturated heterocycles. The number of halogens is 2. The fourth-order valence-corrected chi connectivity index (χ4v) is 4.10. The number of alkyl halides is 2. The Morgan fingerprint density at radius 3 is 2.26 bits per heavy atom. The van der Waals surface area contributed by atoms with Gasteiger partial charge in [-0.15, -0.1) is 0 Å². The minimum Gasteiger partial charge on any atom is -0.434 e. The molecule has 34 heavy (non-hydrogen) atoms. The number of aromatic nitrogens is 3. The van der Waals surface area contributed by atoms with Gasteiger partial charge in [0.25, 0.3) is 11.5 Å². The molecule has 2 aromatic carbocycles. The highest BCUT2D eigenvalue weighted by atomic mass is 19.3. The summed E-state index contributed by atoms with van der Waals surface area (Å²) in [4.78, 5) is 23.9. The highest BCUT2D eigenvalue weighted by molar-refractivity contribution is 5.82. The predicted octanol–water partition coefficient (Wildman–Crippen LogP) is 5.16. The first kappa shape index (κ1) is 20.3.